The number of nitrogens with one attached hydrogen (secondary N) is 1. The Kier molecular flexibility index (Phi) is 5.20. The fraction of sp³-hybridized carbons (Fsp3) is 0.389. The summed E-state index contributed by atoms with van der Waals surface area (Å²) in [6, 6.07) is 6.97. The number of nitrogens with zero attached hydrogens (tertiary/aromatic N) is 4. The summed E-state index contributed by atoms with van der Waals surface area (Å²) in [5, 5.41) is 42.3. The van der Waals surface area contributed by atoms with Crippen molar-refractivity contribution >= 4 is 22.9 Å². The van der Waals surface area contributed by atoms with Gasteiger partial charge in [0.25, 0.3) is 0 Å². The van der Waals surface area contributed by atoms with E-state index < -0.39 is 31.1 Å². The lowest BCUT2D eigenvalue weighted by Crippen LogP contribution is -2.33. The van der Waals surface area contributed by atoms with Crippen molar-refractivity contribution in [2.45, 2.75) is 31.0 Å². The number of aromatic hydroxyl groups is 1. The zero-order valence-electron chi connectivity index (χ0n) is 15.4. The molecule has 7 N–H and O–H groups in total. The molecule has 3 heterocycles. The van der Waals surface area contributed by atoms with Gasteiger partial charge in [-0.1, -0.05) is 12.1 Å². The van der Waals surface area contributed by atoms with Crippen LogP contribution in [0.15, 0.2) is 30.6 Å². The highest BCUT2D eigenvalue weighted by Gasteiger charge is 2.44. The number of aliphatic hydroxyl groups is 3. The molecule has 1 aromatic carbocycles. The second-order valence-electron chi connectivity index (χ2n) is 6.83. The van der Waals surface area contributed by atoms with Gasteiger partial charge < -0.3 is 36.2 Å². The maximum atomic E-state index is 10.3. The first-order valence-corrected chi connectivity index (χ1v) is 9.12. The zero-order valence-corrected chi connectivity index (χ0v) is 15.4. The number of imidazole rings is 1. The van der Waals surface area contributed by atoms with Crippen molar-refractivity contribution in [2.24, 2.45) is 0 Å². The number of nitrogen functional groups attached to an aromatic ring is 1. The summed E-state index contributed by atoms with van der Waals surface area (Å²) in [6.45, 7) is 0.0794. The van der Waals surface area contributed by atoms with E-state index in [1.54, 1.807) is 18.2 Å². The third-order valence-electron chi connectivity index (χ3n) is 4.85. The van der Waals surface area contributed by atoms with Crippen LogP contribution in [-0.4, -0.2) is 71.4 Å². The van der Waals surface area contributed by atoms with Crippen LogP contribution in [0.1, 0.15) is 11.8 Å². The highest BCUT2D eigenvalue weighted by atomic mass is 16.6. The van der Waals surface area contributed by atoms with Gasteiger partial charge in [0.2, 0.25) is 5.95 Å². The van der Waals surface area contributed by atoms with Gasteiger partial charge in [0.05, 0.1) is 12.9 Å². The largest absolute Gasteiger partial charge is 0.508 e. The maximum Gasteiger partial charge on any atom is 0.224 e. The lowest BCUT2D eigenvalue weighted by Gasteiger charge is -2.16. The van der Waals surface area contributed by atoms with Crippen LogP contribution in [0.2, 0.25) is 0 Å². The van der Waals surface area contributed by atoms with Crippen LogP contribution in [0.4, 0.5) is 11.8 Å². The third-order valence-corrected chi connectivity index (χ3v) is 4.85. The number of anilines is 2. The summed E-state index contributed by atoms with van der Waals surface area (Å²) in [7, 11) is 0. The Labute approximate surface area is 165 Å². The first kappa shape index (κ1) is 19.3. The minimum Gasteiger partial charge on any atom is -0.508 e. The molecule has 0 saturated carbocycles. The Balaban J connectivity index is 1.57. The van der Waals surface area contributed by atoms with Gasteiger partial charge >= 0.3 is 0 Å². The summed E-state index contributed by atoms with van der Waals surface area (Å²) in [6.07, 6.45) is -2.33. The van der Waals surface area contributed by atoms with Crippen molar-refractivity contribution in [2.75, 3.05) is 24.2 Å². The van der Waals surface area contributed by atoms with Crippen molar-refractivity contribution in [1.82, 2.24) is 19.5 Å². The Morgan fingerprint density at radius 2 is 2.03 bits per heavy atom. The van der Waals surface area contributed by atoms with Gasteiger partial charge in [-0.25, -0.2) is 4.98 Å². The number of phenols is 1. The van der Waals surface area contributed by atoms with Gasteiger partial charge in [0.1, 0.15) is 24.1 Å². The average Bonchev–Trinajstić information content (AvgIpc) is 3.23. The summed E-state index contributed by atoms with van der Waals surface area (Å²) in [5.74, 6) is 0.623. The number of aliphatic hydroxyl groups excluding tert-OH is 3. The molecule has 2 aromatic heterocycles. The van der Waals surface area contributed by atoms with E-state index >= 15 is 0 Å². The monoisotopic (exact) mass is 402 g/mol. The van der Waals surface area contributed by atoms with Crippen LogP contribution in [0.25, 0.3) is 11.2 Å². The Bertz CT molecular complexity index is 1010. The van der Waals surface area contributed by atoms with E-state index in [0.29, 0.717) is 29.9 Å². The Hall–Kier alpha value is -2.99. The van der Waals surface area contributed by atoms with E-state index in [1.165, 1.54) is 10.9 Å². The maximum absolute atomic E-state index is 10.3. The second-order valence-corrected chi connectivity index (χ2v) is 6.83. The molecule has 0 spiro atoms. The molecule has 0 aliphatic carbocycles. The fourth-order valence-electron chi connectivity index (χ4n) is 3.39. The highest BCUT2D eigenvalue weighted by molar-refractivity contribution is 5.84. The molecule has 0 bridgehead atoms. The molecule has 1 aliphatic heterocycles. The number of ether oxygens (including phenoxy) is 1. The van der Waals surface area contributed by atoms with Crippen LogP contribution in [0.5, 0.6) is 5.75 Å². The molecule has 4 atom stereocenters. The smallest absolute Gasteiger partial charge is 0.224 e. The van der Waals surface area contributed by atoms with Crippen LogP contribution in [-0.2, 0) is 11.2 Å². The molecule has 0 unspecified atom stereocenters. The molecule has 11 nitrogen and oxygen atoms in total. The lowest BCUT2D eigenvalue weighted by atomic mass is 10.1. The van der Waals surface area contributed by atoms with Crippen LogP contribution < -0.4 is 11.1 Å². The fourth-order valence-corrected chi connectivity index (χ4v) is 3.39. The minimum absolute atomic E-state index is 0.00542. The minimum atomic E-state index is -1.26. The number of hydrogen-bond donors (Lipinski definition) is 6. The predicted octanol–water partition coefficient (Wildman–Crippen LogP) is -0.620. The third kappa shape index (κ3) is 3.68. The van der Waals surface area contributed by atoms with Crippen molar-refractivity contribution in [1.29, 1.82) is 0 Å². The number of aromatic nitrogens is 4. The number of phenolic OH excluding ortho intramolecular Hbond substituents is 1. The van der Waals surface area contributed by atoms with E-state index in [-0.39, 0.29) is 11.7 Å². The number of benzene rings is 1. The van der Waals surface area contributed by atoms with Crippen LogP contribution >= 0.6 is 0 Å². The van der Waals surface area contributed by atoms with Gasteiger partial charge in [0, 0.05) is 6.54 Å². The molecule has 1 saturated heterocycles. The molecule has 3 aromatic rings. The van der Waals surface area contributed by atoms with Gasteiger partial charge in [-0.05, 0) is 24.1 Å². The van der Waals surface area contributed by atoms with Gasteiger partial charge in [-0.3, -0.25) is 4.57 Å². The first-order valence-electron chi connectivity index (χ1n) is 9.12. The van der Waals surface area contributed by atoms with E-state index in [2.05, 4.69) is 20.3 Å². The zero-order chi connectivity index (χ0) is 20.5. The average molecular weight is 402 g/mol. The number of hydrogen-bond acceptors (Lipinski definition) is 10. The van der Waals surface area contributed by atoms with Gasteiger partial charge in [0.15, 0.2) is 23.2 Å². The number of nitrogens with two attached hydrogens (primary N) is 1. The molecule has 11 heteroatoms. The molecular formula is C18H22N6O5. The quantitative estimate of drug-likeness (QED) is 0.312. The lowest BCUT2D eigenvalue weighted by molar-refractivity contribution is -0.0511. The number of rotatable bonds is 6. The molecule has 1 aliphatic rings. The van der Waals surface area contributed by atoms with Gasteiger partial charge in [-0.15, -0.1) is 0 Å². The molecule has 0 radical (unpaired) electrons. The van der Waals surface area contributed by atoms with E-state index in [9.17, 15) is 20.4 Å². The molecule has 154 valence electrons. The van der Waals surface area contributed by atoms with E-state index in [0.717, 1.165) is 5.56 Å². The molecule has 0 amide bonds. The van der Waals surface area contributed by atoms with E-state index in [4.69, 9.17) is 10.5 Å². The standard InChI is InChI=1S/C18H22N6O5/c19-18-22-15(20-5-4-9-2-1-3-10(26)6-9)12-16(23-18)24(8-21-12)17-14(28)13(27)11(7-25)29-17/h1-3,6,8,11,13-14,17,25-28H,4-5,7H2,(H3,19,20,22,23)/t11-,13-,14-,17-/m1/s1. The molecule has 29 heavy (non-hydrogen) atoms. The predicted molar refractivity (Wildman–Crippen MR) is 103 cm³/mol. The van der Waals surface area contributed by atoms with Crippen molar-refractivity contribution in [3.63, 3.8) is 0 Å². The molecule has 1 fully saturated rings. The summed E-state index contributed by atoms with van der Waals surface area (Å²) in [5.41, 5.74) is 7.54. The summed E-state index contributed by atoms with van der Waals surface area (Å²) >= 11 is 0. The molecular weight excluding hydrogens is 380 g/mol. The highest BCUT2D eigenvalue weighted by Crippen LogP contribution is 2.32. The van der Waals surface area contributed by atoms with Crippen molar-refractivity contribution in [3.8, 4) is 5.75 Å². The van der Waals surface area contributed by atoms with Crippen LogP contribution in [0.3, 0.4) is 0 Å². The van der Waals surface area contributed by atoms with Crippen molar-refractivity contribution in [3.05, 3.63) is 36.2 Å². The van der Waals surface area contributed by atoms with Crippen LogP contribution in [0, 0.1) is 0 Å². The summed E-state index contributed by atoms with van der Waals surface area (Å²) in [4.78, 5) is 12.7. The second kappa shape index (κ2) is 7.79. The summed E-state index contributed by atoms with van der Waals surface area (Å²) < 4.78 is 7.00. The molecule has 4 rings (SSSR count). The van der Waals surface area contributed by atoms with Crippen molar-refractivity contribution < 1.29 is 25.2 Å². The first-order chi connectivity index (χ1) is 14.0. The normalized spacial score (nSPS) is 24.2. The Morgan fingerprint density at radius 1 is 1.21 bits per heavy atom. The SMILES string of the molecule is Nc1nc(NCCc2cccc(O)c2)c2ncn([C@@H]3O[C@H](CO)[C@@H](O)[C@H]3O)c2n1. The Morgan fingerprint density at radius 3 is 2.76 bits per heavy atom. The topological polar surface area (TPSA) is 172 Å². The van der Waals surface area contributed by atoms with E-state index in [1.807, 2.05) is 6.07 Å². The number of fused-ring (bicyclic) bond motifs is 1. The van der Waals surface area contributed by atoms with Gasteiger partial charge in [-0.2, -0.15) is 9.97 Å².